The first kappa shape index (κ1) is 19.4. The van der Waals surface area contributed by atoms with E-state index in [1.54, 1.807) is 11.9 Å². The van der Waals surface area contributed by atoms with Gasteiger partial charge in [-0.15, -0.1) is 0 Å². The number of carbonyl (C=O) groups excluding carboxylic acids is 1. The average molecular weight is 376 g/mol. The molecule has 0 bridgehead atoms. The van der Waals surface area contributed by atoms with Crippen LogP contribution in [0.3, 0.4) is 0 Å². The number of aryl methyl sites for hydroxylation is 2. The van der Waals surface area contributed by atoms with Gasteiger partial charge in [0.25, 0.3) is 5.91 Å². The van der Waals surface area contributed by atoms with Crippen LogP contribution in [0.15, 0.2) is 60.9 Å². The molecule has 1 aromatic heterocycles. The van der Waals surface area contributed by atoms with E-state index >= 15 is 0 Å². The molecule has 0 unspecified atom stereocenters. The van der Waals surface area contributed by atoms with Gasteiger partial charge < -0.3 is 15.0 Å². The van der Waals surface area contributed by atoms with Gasteiger partial charge in [0.05, 0.1) is 12.1 Å². The molecular weight excluding hydrogens is 352 g/mol. The van der Waals surface area contributed by atoms with E-state index in [4.69, 9.17) is 4.74 Å². The quantitative estimate of drug-likeness (QED) is 0.675. The van der Waals surface area contributed by atoms with Gasteiger partial charge in [0.2, 0.25) is 5.95 Å². The van der Waals surface area contributed by atoms with Gasteiger partial charge in [-0.3, -0.25) is 4.79 Å². The Balaban J connectivity index is 1.52. The Morgan fingerprint density at radius 1 is 1.04 bits per heavy atom. The van der Waals surface area contributed by atoms with E-state index in [1.807, 2.05) is 56.3 Å². The summed E-state index contributed by atoms with van der Waals surface area (Å²) < 4.78 is 5.77. The highest BCUT2D eigenvalue weighted by Crippen LogP contribution is 2.16. The number of hydrogen-bond acceptors (Lipinski definition) is 5. The maximum atomic E-state index is 12.5. The fraction of sp³-hybridized carbons (Fsp3) is 0.227. The number of amides is 1. The number of ether oxygens (including phenoxy) is 1. The maximum absolute atomic E-state index is 12.5. The number of benzene rings is 2. The third kappa shape index (κ3) is 5.30. The molecule has 3 aromatic rings. The van der Waals surface area contributed by atoms with Crippen molar-refractivity contribution >= 4 is 17.5 Å². The monoisotopic (exact) mass is 376 g/mol. The lowest BCUT2D eigenvalue weighted by Crippen LogP contribution is -2.31. The summed E-state index contributed by atoms with van der Waals surface area (Å²) in [5.41, 5.74) is 3.64. The lowest BCUT2D eigenvalue weighted by atomic mass is 10.1. The molecule has 1 amide bonds. The molecule has 28 heavy (non-hydrogen) atoms. The molecule has 1 N–H and O–H groups in total. The third-order valence-corrected chi connectivity index (χ3v) is 4.17. The summed E-state index contributed by atoms with van der Waals surface area (Å²) in [7, 11) is 1.74. The van der Waals surface area contributed by atoms with Crippen LogP contribution in [0.1, 0.15) is 21.5 Å². The van der Waals surface area contributed by atoms with E-state index in [0.717, 1.165) is 22.6 Å². The molecule has 0 aliphatic carbocycles. The van der Waals surface area contributed by atoms with Gasteiger partial charge in [-0.05, 0) is 49.2 Å². The van der Waals surface area contributed by atoms with Crippen molar-refractivity contribution in [2.75, 3.05) is 25.5 Å². The Labute approximate surface area is 165 Å². The van der Waals surface area contributed by atoms with Gasteiger partial charge in [0.1, 0.15) is 12.4 Å². The van der Waals surface area contributed by atoms with Crippen LogP contribution in [0.5, 0.6) is 5.75 Å². The minimum atomic E-state index is -0.143. The van der Waals surface area contributed by atoms with Crippen molar-refractivity contribution in [1.29, 1.82) is 0 Å². The summed E-state index contributed by atoms with van der Waals surface area (Å²) >= 11 is 0. The van der Waals surface area contributed by atoms with E-state index in [0.29, 0.717) is 24.7 Å². The minimum absolute atomic E-state index is 0.143. The zero-order valence-corrected chi connectivity index (χ0v) is 16.3. The number of hydrogen-bond donors (Lipinski definition) is 1. The molecule has 6 nitrogen and oxygen atoms in total. The first-order chi connectivity index (χ1) is 13.5. The Bertz CT molecular complexity index is 907. The lowest BCUT2D eigenvalue weighted by Gasteiger charge is -2.17. The molecule has 1 heterocycles. The average Bonchev–Trinajstić information content (AvgIpc) is 2.68. The Morgan fingerprint density at radius 2 is 1.68 bits per heavy atom. The fourth-order valence-electron chi connectivity index (χ4n) is 2.79. The summed E-state index contributed by atoms with van der Waals surface area (Å²) in [6, 6.07) is 15.7. The van der Waals surface area contributed by atoms with Crippen molar-refractivity contribution in [3.05, 3.63) is 77.6 Å². The fourth-order valence-corrected chi connectivity index (χ4v) is 2.79. The largest absolute Gasteiger partial charge is 0.492 e. The minimum Gasteiger partial charge on any atom is -0.492 e. The SMILES string of the molecule is Cc1cc(C)cc(OCCN(C)C(=O)c2cnc(Nc3ccccc3)nc2)c1. The van der Waals surface area contributed by atoms with Crippen LogP contribution in [0, 0.1) is 13.8 Å². The first-order valence-corrected chi connectivity index (χ1v) is 9.12. The van der Waals surface area contributed by atoms with E-state index in [9.17, 15) is 4.79 Å². The summed E-state index contributed by atoms with van der Waals surface area (Å²) in [6.45, 7) is 4.95. The van der Waals surface area contributed by atoms with Crippen molar-refractivity contribution < 1.29 is 9.53 Å². The molecular formula is C22H24N4O2. The highest BCUT2D eigenvalue weighted by atomic mass is 16.5. The highest BCUT2D eigenvalue weighted by molar-refractivity contribution is 5.93. The predicted molar refractivity (Wildman–Crippen MR) is 110 cm³/mol. The molecule has 3 rings (SSSR count). The van der Waals surface area contributed by atoms with Crippen LogP contribution in [0.2, 0.25) is 0 Å². The third-order valence-electron chi connectivity index (χ3n) is 4.17. The second-order valence-corrected chi connectivity index (χ2v) is 6.68. The van der Waals surface area contributed by atoms with Gasteiger partial charge in [-0.25, -0.2) is 9.97 Å². The lowest BCUT2D eigenvalue weighted by molar-refractivity contribution is 0.0773. The number of carbonyl (C=O) groups is 1. The zero-order chi connectivity index (χ0) is 19.9. The summed E-state index contributed by atoms with van der Waals surface area (Å²) in [6.07, 6.45) is 3.06. The van der Waals surface area contributed by atoms with Crippen LogP contribution in [0.4, 0.5) is 11.6 Å². The molecule has 0 spiro atoms. The van der Waals surface area contributed by atoms with Crippen molar-refractivity contribution in [3.63, 3.8) is 0 Å². The Kier molecular flexibility index (Phi) is 6.22. The zero-order valence-electron chi connectivity index (χ0n) is 16.3. The van der Waals surface area contributed by atoms with Crippen molar-refractivity contribution in [1.82, 2.24) is 14.9 Å². The van der Waals surface area contributed by atoms with E-state index < -0.39 is 0 Å². The Morgan fingerprint density at radius 3 is 2.32 bits per heavy atom. The topological polar surface area (TPSA) is 67.3 Å². The van der Waals surface area contributed by atoms with Crippen LogP contribution in [-0.4, -0.2) is 41.0 Å². The van der Waals surface area contributed by atoms with Gasteiger partial charge in [0, 0.05) is 25.1 Å². The molecule has 0 fully saturated rings. The highest BCUT2D eigenvalue weighted by Gasteiger charge is 2.13. The number of likely N-dealkylation sites (N-methyl/N-ethyl adjacent to an activating group) is 1. The van der Waals surface area contributed by atoms with Crippen molar-refractivity contribution in [3.8, 4) is 5.75 Å². The molecule has 2 aromatic carbocycles. The molecule has 0 aliphatic heterocycles. The summed E-state index contributed by atoms with van der Waals surface area (Å²) in [5, 5.41) is 3.09. The van der Waals surface area contributed by atoms with Crippen LogP contribution >= 0.6 is 0 Å². The second-order valence-electron chi connectivity index (χ2n) is 6.68. The summed E-state index contributed by atoms with van der Waals surface area (Å²) in [5.74, 6) is 1.12. The van der Waals surface area contributed by atoms with E-state index in [2.05, 4.69) is 21.4 Å². The van der Waals surface area contributed by atoms with Gasteiger partial charge in [-0.2, -0.15) is 0 Å². The molecule has 144 valence electrons. The number of para-hydroxylation sites is 1. The number of anilines is 2. The molecule has 0 atom stereocenters. The number of nitrogens with zero attached hydrogens (tertiary/aromatic N) is 3. The van der Waals surface area contributed by atoms with Gasteiger partial charge >= 0.3 is 0 Å². The molecule has 0 aliphatic rings. The number of rotatable bonds is 7. The number of aromatic nitrogens is 2. The summed E-state index contributed by atoms with van der Waals surface area (Å²) in [4.78, 5) is 22.6. The maximum Gasteiger partial charge on any atom is 0.256 e. The van der Waals surface area contributed by atoms with Crippen LogP contribution in [0.25, 0.3) is 0 Å². The molecule has 0 radical (unpaired) electrons. The van der Waals surface area contributed by atoms with Crippen molar-refractivity contribution in [2.45, 2.75) is 13.8 Å². The van der Waals surface area contributed by atoms with Crippen LogP contribution in [-0.2, 0) is 0 Å². The molecule has 6 heteroatoms. The number of nitrogens with one attached hydrogen (secondary N) is 1. The molecule has 0 saturated carbocycles. The van der Waals surface area contributed by atoms with E-state index in [-0.39, 0.29) is 5.91 Å². The van der Waals surface area contributed by atoms with Gasteiger partial charge in [-0.1, -0.05) is 24.3 Å². The standard InChI is InChI=1S/C22H24N4O2/c1-16-11-17(2)13-20(12-16)28-10-9-26(3)21(27)18-14-23-22(24-15-18)25-19-7-5-4-6-8-19/h4-8,11-15H,9-10H2,1-3H3,(H,23,24,25). The first-order valence-electron chi connectivity index (χ1n) is 9.12. The Hall–Kier alpha value is -3.41. The van der Waals surface area contributed by atoms with Crippen LogP contribution < -0.4 is 10.1 Å². The smallest absolute Gasteiger partial charge is 0.256 e. The normalized spacial score (nSPS) is 10.4. The molecule has 0 saturated heterocycles. The van der Waals surface area contributed by atoms with Gasteiger partial charge in [0.15, 0.2) is 0 Å². The predicted octanol–water partition coefficient (Wildman–Crippen LogP) is 3.99. The second kappa shape index (κ2) is 8.99. The van der Waals surface area contributed by atoms with Crippen molar-refractivity contribution in [2.24, 2.45) is 0 Å². The van der Waals surface area contributed by atoms with E-state index in [1.165, 1.54) is 12.4 Å².